The number of Topliss-reactive ketones (excluding diaryl/α,β-unsaturated/α-hetero) is 1. The second-order valence-electron chi connectivity index (χ2n) is 7.51. The standard InChI is InChI=1S/C21H26N4O4/c1-6-16(26)14-7-9-15(10-8-14)29-20-22-18-17(25(20)12-11-13(2)3)19(27)24(5)21(28)23(18)4/h7-10,13H,6,11-12H2,1-5H3. The molecule has 0 bridgehead atoms. The third-order valence-corrected chi connectivity index (χ3v) is 4.95. The Morgan fingerprint density at radius 1 is 1.10 bits per heavy atom. The maximum absolute atomic E-state index is 12.8. The number of ketones is 1. The molecular weight excluding hydrogens is 372 g/mol. The van der Waals surface area contributed by atoms with E-state index in [-0.39, 0.29) is 17.4 Å². The highest BCUT2D eigenvalue weighted by Gasteiger charge is 2.20. The molecule has 0 radical (unpaired) electrons. The second-order valence-corrected chi connectivity index (χ2v) is 7.51. The lowest BCUT2D eigenvalue weighted by atomic mass is 10.1. The number of imidazole rings is 1. The summed E-state index contributed by atoms with van der Waals surface area (Å²) in [6.07, 6.45) is 1.25. The fourth-order valence-corrected chi connectivity index (χ4v) is 3.12. The van der Waals surface area contributed by atoms with E-state index in [1.807, 2.05) is 6.92 Å². The van der Waals surface area contributed by atoms with Gasteiger partial charge in [-0.1, -0.05) is 20.8 Å². The van der Waals surface area contributed by atoms with Gasteiger partial charge in [-0.15, -0.1) is 0 Å². The van der Waals surface area contributed by atoms with Crippen LogP contribution in [-0.2, 0) is 20.6 Å². The number of nitrogens with zero attached hydrogens (tertiary/aromatic N) is 4. The summed E-state index contributed by atoms with van der Waals surface area (Å²) >= 11 is 0. The van der Waals surface area contributed by atoms with E-state index in [2.05, 4.69) is 18.8 Å². The Morgan fingerprint density at radius 2 is 1.76 bits per heavy atom. The van der Waals surface area contributed by atoms with Gasteiger partial charge in [-0.25, -0.2) is 4.79 Å². The van der Waals surface area contributed by atoms with Crippen LogP contribution in [0, 0.1) is 5.92 Å². The van der Waals surface area contributed by atoms with Crippen LogP contribution < -0.4 is 16.0 Å². The highest BCUT2D eigenvalue weighted by molar-refractivity contribution is 5.95. The average Bonchev–Trinajstić information content (AvgIpc) is 3.07. The lowest BCUT2D eigenvalue weighted by Crippen LogP contribution is -2.37. The number of hydrogen-bond acceptors (Lipinski definition) is 5. The number of carbonyl (C=O) groups is 1. The summed E-state index contributed by atoms with van der Waals surface area (Å²) in [6.45, 7) is 6.53. The van der Waals surface area contributed by atoms with Crippen molar-refractivity contribution < 1.29 is 9.53 Å². The molecule has 29 heavy (non-hydrogen) atoms. The predicted octanol–water partition coefficient (Wildman–Crippen LogP) is 2.86. The van der Waals surface area contributed by atoms with Crippen molar-refractivity contribution in [1.29, 1.82) is 0 Å². The molecule has 8 nitrogen and oxygen atoms in total. The molecule has 0 amide bonds. The van der Waals surface area contributed by atoms with Crippen LogP contribution in [0.4, 0.5) is 0 Å². The van der Waals surface area contributed by atoms with E-state index in [1.165, 1.54) is 11.6 Å². The molecule has 0 unspecified atom stereocenters. The molecule has 3 rings (SSSR count). The van der Waals surface area contributed by atoms with Crippen LogP contribution in [0.5, 0.6) is 11.8 Å². The monoisotopic (exact) mass is 398 g/mol. The molecule has 0 saturated carbocycles. The number of benzene rings is 1. The molecule has 8 heteroatoms. The minimum atomic E-state index is -0.440. The maximum Gasteiger partial charge on any atom is 0.332 e. The third-order valence-electron chi connectivity index (χ3n) is 4.95. The summed E-state index contributed by atoms with van der Waals surface area (Å²) in [5, 5.41) is 0. The first-order valence-electron chi connectivity index (χ1n) is 9.72. The molecule has 0 fully saturated rings. The molecule has 0 saturated heterocycles. The smallest absolute Gasteiger partial charge is 0.332 e. The molecule has 154 valence electrons. The number of rotatable bonds is 7. The van der Waals surface area contributed by atoms with Crippen molar-refractivity contribution in [1.82, 2.24) is 18.7 Å². The Balaban J connectivity index is 2.11. The quantitative estimate of drug-likeness (QED) is 0.571. The van der Waals surface area contributed by atoms with E-state index in [9.17, 15) is 14.4 Å². The first kappa shape index (κ1) is 20.6. The van der Waals surface area contributed by atoms with E-state index in [4.69, 9.17) is 4.74 Å². The fraction of sp³-hybridized carbons (Fsp3) is 0.429. The van der Waals surface area contributed by atoms with Gasteiger partial charge >= 0.3 is 11.7 Å². The van der Waals surface area contributed by atoms with Crippen LogP contribution in [0.15, 0.2) is 33.9 Å². The number of carbonyl (C=O) groups excluding carboxylic acids is 1. The van der Waals surface area contributed by atoms with Gasteiger partial charge in [0.2, 0.25) is 0 Å². The van der Waals surface area contributed by atoms with Gasteiger partial charge in [0.1, 0.15) is 5.75 Å². The van der Waals surface area contributed by atoms with Crippen LogP contribution in [0.3, 0.4) is 0 Å². The van der Waals surface area contributed by atoms with Crippen LogP contribution >= 0.6 is 0 Å². The van der Waals surface area contributed by atoms with Crippen molar-refractivity contribution in [2.45, 2.75) is 40.2 Å². The summed E-state index contributed by atoms with van der Waals surface area (Å²) in [5.41, 5.74) is 0.394. The summed E-state index contributed by atoms with van der Waals surface area (Å²) in [6, 6.07) is 7.06. The van der Waals surface area contributed by atoms with E-state index in [0.717, 1.165) is 11.0 Å². The molecule has 0 aliphatic carbocycles. The highest BCUT2D eigenvalue weighted by atomic mass is 16.5. The Kier molecular flexibility index (Phi) is 5.72. The van der Waals surface area contributed by atoms with Crippen LogP contribution in [-0.4, -0.2) is 24.5 Å². The van der Waals surface area contributed by atoms with Crippen molar-refractivity contribution >= 4 is 16.9 Å². The number of fused-ring (bicyclic) bond motifs is 1. The predicted molar refractivity (Wildman–Crippen MR) is 111 cm³/mol. The van der Waals surface area contributed by atoms with Crippen molar-refractivity contribution in [3.05, 3.63) is 50.7 Å². The topological polar surface area (TPSA) is 88.1 Å². The molecule has 2 heterocycles. The maximum atomic E-state index is 12.8. The highest BCUT2D eigenvalue weighted by Crippen LogP contribution is 2.25. The Bertz CT molecular complexity index is 1170. The summed E-state index contributed by atoms with van der Waals surface area (Å²) < 4.78 is 10.1. The van der Waals surface area contributed by atoms with Gasteiger partial charge in [-0.05, 0) is 36.6 Å². The molecule has 0 aliphatic heterocycles. The van der Waals surface area contributed by atoms with Gasteiger partial charge in [0.05, 0.1) is 0 Å². The molecule has 0 N–H and O–H groups in total. The fourth-order valence-electron chi connectivity index (χ4n) is 3.12. The lowest BCUT2D eigenvalue weighted by Gasteiger charge is -2.11. The van der Waals surface area contributed by atoms with Crippen molar-refractivity contribution in [3.8, 4) is 11.8 Å². The number of hydrogen-bond donors (Lipinski definition) is 0. The van der Waals surface area contributed by atoms with E-state index in [0.29, 0.717) is 35.7 Å². The first-order valence-corrected chi connectivity index (χ1v) is 9.72. The van der Waals surface area contributed by atoms with Crippen molar-refractivity contribution in [3.63, 3.8) is 0 Å². The van der Waals surface area contributed by atoms with E-state index in [1.54, 1.807) is 35.9 Å². The van der Waals surface area contributed by atoms with Gasteiger partial charge in [0.25, 0.3) is 5.56 Å². The molecule has 3 aromatic rings. The molecule has 0 spiro atoms. The Morgan fingerprint density at radius 3 is 2.34 bits per heavy atom. The van der Waals surface area contributed by atoms with Gasteiger partial charge in [-0.3, -0.25) is 23.3 Å². The molecule has 0 aliphatic rings. The number of aromatic nitrogens is 4. The SMILES string of the molecule is CCC(=O)c1ccc(Oc2nc3c(c(=O)n(C)c(=O)n3C)n2CCC(C)C)cc1. The van der Waals surface area contributed by atoms with Crippen LogP contribution in [0.1, 0.15) is 44.0 Å². The van der Waals surface area contributed by atoms with E-state index < -0.39 is 11.2 Å². The van der Waals surface area contributed by atoms with E-state index >= 15 is 0 Å². The van der Waals surface area contributed by atoms with Gasteiger partial charge in [-0.2, -0.15) is 4.98 Å². The zero-order valence-electron chi connectivity index (χ0n) is 17.4. The second kappa shape index (κ2) is 8.06. The van der Waals surface area contributed by atoms with Gasteiger partial charge < -0.3 is 4.74 Å². The van der Waals surface area contributed by atoms with Gasteiger partial charge in [0.15, 0.2) is 16.9 Å². The summed E-state index contributed by atoms with van der Waals surface area (Å²) in [4.78, 5) is 41.3. The molecular formula is C21H26N4O4. The molecule has 2 aromatic heterocycles. The third kappa shape index (κ3) is 3.87. The number of ether oxygens (including phenoxy) is 1. The van der Waals surface area contributed by atoms with Crippen molar-refractivity contribution in [2.75, 3.05) is 0 Å². The first-order chi connectivity index (χ1) is 13.7. The largest absolute Gasteiger partial charge is 0.425 e. The number of aryl methyl sites for hydroxylation is 2. The zero-order valence-corrected chi connectivity index (χ0v) is 17.4. The minimum absolute atomic E-state index is 0.0548. The normalized spacial score (nSPS) is 11.4. The molecule has 0 atom stereocenters. The Labute approximate surface area is 168 Å². The summed E-state index contributed by atoms with van der Waals surface area (Å²) in [5.74, 6) is 0.968. The Hall–Kier alpha value is -3.16. The van der Waals surface area contributed by atoms with Crippen molar-refractivity contribution in [2.24, 2.45) is 20.0 Å². The van der Waals surface area contributed by atoms with Gasteiger partial charge in [0, 0.05) is 32.6 Å². The zero-order chi connectivity index (χ0) is 21.3. The minimum Gasteiger partial charge on any atom is -0.425 e. The summed E-state index contributed by atoms with van der Waals surface area (Å²) in [7, 11) is 3.03. The van der Waals surface area contributed by atoms with Crippen LogP contribution in [0.2, 0.25) is 0 Å². The average molecular weight is 398 g/mol. The lowest BCUT2D eigenvalue weighted by molar-refractivity contribution is 0.0988. The van der Waals surface area contributed by atoms with Crippen LogP contribution in [0.25, 0.3) is 11.2 Å². The molecule has 1 aromatic carbocycles.